The maximum absolute atomic E-state index is 8.99. The molecule has 10 aromatic rings. The normalized spacial score (nSPS) is 18.2. The molecule has 0 radical (unpaired) electrons. The van der Waals surface area contributed by atoms with Crippen LogP contribution in [0.2, 0.25) is 0 Å². The quantitative estimate of drug-likeness (QED) is 0.144. The van der Waals surface area contributed by atoms with Crippen LogP contribution in [-0.2, 0) is 10.8 Å². The topological polar surface area (TPSA) is 3.24 Å². The molecule has 2 aliphatic carbocycles. The number of fused-ring (bicyclic) bond motifs is 9. The predicted molar refractivity (Wildman–Crippen MR) is 290 cm³/mol. The number of anilines is 3. The van der Waals surface area contributed by atoms with Crippen LogP contribution >= 0.6 is 0 Å². The van der Waals surface area contributed by atoms with Gasteiger partial charge in [0.05, 0.1) is 0 Å². The van der Waals surface area contributed by atoms with Crippen molar-refractivity contribution in [2.24, 2.45) is 0 Å². The summed E-state index contributed by atoms with van der Waals surface area (Å²) in [5.74, 6) is 0. The molecule has 0 bridgehead atoms. The molecule has 2 heteroatoms. The Labute approximate surface area is 418 Å². The van der Waals surface area contributed by atoms with Crippen molar-refractivity contribution in [2.45, 2.75) is 38.2 Å². The first-order valence-corrected chi connectivity index (χ1v) is 25.1. The van der Waals surface area contributed by atoms with E-state index in [0.29, 0.717) is 50.4 Å². The molecule has 0 fully saturated rings. The Morgan fingerprint density at radius 1 is 0.309 bits per heavy atom. The highest BCUT2D eigenvalue weighted by atomic mass is 28.3. The van der Waals surface area contributed by atoms with Gasteiger partial charge in [0.1, 0.15) is 0 Å². The zero-order valence-electron chi connectivity index (χ0n) is 49.0. The summed E-state index contributed by atoms with van der Waals surface area (Å²) in [6.45, 7) is -11.8. The zero-order valence-corrected chi connectivity index (χ0v) is 38.0. The van der Waals surface area contributed by atoms with E-state index in [9.17, 15) is 0 Å². The highest BCUT2D eigenvalue weighted by Gasteiger charge is 2.48. The molecular weight excluding hydrogens is 835 g/mol. The summed E-state index contributed by atoms with van der Waals surface area (Å²) in [6.07, 6.45) is 0. The third-order valence-corrected chi connectivity index (χ3v) is 19.6. The number of rotatable bonds is 7. The molecule has 10 aromatic carbocycles. The minimum absolute atomic E-state index is 0.184. The van der Waals surface area contributed by atoms with Crippen LogP contribution in [0.25, 0.3) is 55.6 Å². The molecule has 0 aromatic heterocycles. The van der Waals surface area contributed by atoms with Crippen LogP contribution in [-0.4, -0.2) is 8.07 Å². The van der Waals surface area contributed by atoms with Crippen LogP contribution in [0.15, 0.2) is 237 Å². The van der Waals surface area contributed by atoms with Crippen molar-refractivity contribution in [3.63, 3.8) is 0 Å². The lowest BCUT2D eigenvalue weighted by atomic mass is 9.81. The second-order valence-electron chi connectivity index (χ2n) is 18.3. The van der Waals surface area contributed by atoms with Gasteiger partial charge in [0, 0.05) is 44.3 Å². The summed E-state index contributed by atoms with van der Waals surface area (Å²) < 4.78 is 107. The molecule has 0 N–H and O–H groups in total. The van der Waals surface area contributed by atoms with Crippen LogP contribution in [0.1, 0.15) is 66.1 Å². The Kier molecular flexibility index (Phi) is 6.62. The molecular formula is C66H51NSi. The SMILES string of the molecule is [2H]C([2H])([2H])C1(C([2H])([2H])[2H])c2ccccc2-c2ccc(-c3ccc(N(c4ccc(-c5cccc([Si]6(c7ccccc7)c7ccccc7-c7ccccc76)c5)cc4)c4ccc5c(c4)C(C([2H])([2H])[2H])(C([2H])([2H])[2H])c4ccccc4-5)cc3)cc21. The third-order valence-electron chi connectivity index (χ3n) is 14.7. The molecule has 0 spiro atoms. The second-order valence-corrected chi connectivity index (χ2v) is 22.0. The highest BCUT2D eigenvalue weighted by molar-refractivity contribution is 7.22. The van der Waals surface area contributed by atoms with Crippen LogP contribution in [0, 0.1) is 0 Å². The monoisotopic (exact) mass is 897 g/mol. The van der Waals surface area contributed by atoms with Crippen LogP contribution in [0.5, 0.6) is 0 Å². The number of hydrogen-bond acceptors (Lipinski definition) is 1. The Morgan fingerprint density at radius 3 is 1.31 bits per heavy atom. The van der Waals surface area contributed by atoms with Gasteiger partial charge in [0.2, 0.25) is 0 Å². The van der Waals surface area contributed by atoms with E-state index in [1.54, 1.807) is 66.7 Å². The van der Waals surface area contributed by atoms with E-state index in [-0.39, 0.29) is 22.3 Å². The summed E-state index contributed by atoms with van der Waals surface area (Å²) in [5.41, 5.74) is 6.26. The fourth-order valence-corrected chi connectivity index (χ4v) is 16.8. The minimum Gasteiger partial charge on any atom is -0.310 e. The summed E-state index contributed by atoms with van der Waals surface area (Å²) in [4.78, 5) is 1.98. The molecule has 324 valence electrons. The van der Waals surface area contributed by atoms with Crippen LogP contribution < -0.4 is 25.6 Å². The zero-order chi connectivity index (χ0) is 55.8. The van der Waals surface area contributed by atoms with Gasteiger partial charge < -0.3 is 4.90 Å². The first kappa shape index (κ1) is 29.8. The summed E-state index contributed by atoms with van der Waals surface area (Å²) in [7, 11) is -2.79. The molecule has 13 rings (SSSR count). The van der Waals surface area contributed by atoms with Crippen molar-refractivity contribution in [1.29, 1.82) is 0 Å². The van der Waals surface area contributed by atoms with Gasteiger partial charge in [-0.3, -0.25) is 0 Å². The van der Waals surface area contributed by atoms with Crippen molar-refractivity contribution in [2.75, 3.05) is 4.90 Å². The van der Waals surface area contributed by atoms with E-state index in [0.717, 1.165) is 11.1 Å². The number of nitrogens with zero attached hydrogens (tertiary/aromatic N) is 1. The summed E-state index contributed by atoms with van der Waals surface area (Å²) >= 11 is 0. The van der Waals surface area contributed by atoms with E-state index < -0.39 is 46.3 Å². The van der Waals surface area contributed by atoms with Gasteiger partial charge in [-0.05, 0) is 141 Å². The van der Waals surface area contributed by atoms with Gasteiger partial charge >= 0.3 is 0 Å². The first-order chi connectivity index (χ1) is 38.2. The Morgan fingerprint density at radius 2 is 0.735 bits per heavy atom. The molecule has 1 nitrogen and oxygen atoms in total. The van der Waals surface area contributed by atoms with Crippen molar-refractivity contribution in [3.05, 3.63) is 259 Å². The van der Waals surface area contributed by atoms with Gasteiger partial charge in [0.15, 0.2) is 8.07 Å². The average molecular weight is 898 g/mol. The maximum atomic E-state index is 8.99. The van der Waals surface area contributed by atoms with Crippen LogP contribution in [0.3, 0.4) is 0 Å². The summed E-state index contributed by atoms with van der Waals surface area (Å²) in [5, 5.41) is 5.25. The van der Waals surface area contributed by atoms with E-state index in [1.807, 2.05) is 59.5 Å². The largest absolute Gasteiger partial charge is 0.310 e. The maximum Gasteiger partial charge on any atom is 0.180 e. The van der Waals surface area contributed by atoms with E-state index in [1.165, 1.54) is 31.9 Å². The molecule has 3 aliphatic rings. The van der Waals surface area contributed by atoms with Gasteiger partial charge in [-0.25, -0.2) is 0 Å². The number of hydrogen-bond donors (Lipinski definition) is 0. The predicted octanol–water partition coefficient (Wildman–Crippen LogP) is 14.5. The van der Waals surface area contributed by atoms with E-state index in [2.05, 4.69) is 115 Å². The average Bonchev–Trinajstić information content (AvgIpc) is 3.66. The molecule has 0 saturated carbocycles. The fraction of sp³-hybridized carbons (Fsp3) is 0.0909. The Hall–Kier alpha value is -7.78. The first-order valence-electron chi connectivity index (χ1n) is 29.1. The lowest BCUT2D eigenvalue weighted by Gasteiger charge is -2.31. The van der Waals surface area contributed by atoms with Gasteiger partial charge in [0.25, 0.3) is 0 Å². The molecule has 1 aliphatic heterocycles. The van der Waals surface area contributed by atoms with Crippen molar-refractivity contribution in [3.8, 4) is 55.6 Å². The Balaban J connectivity index is 0.950. The lowest BCUT2D eigenvalue weighted by molar-refractivity contribution is 0.660. The van der Waals surface area contributed by atoms with E-state index in [4.69, 9.17) is 16.4 Å². The minimum atomic E-state index is -2.97. The molecule has 0 amide bonds. The molecule has 0 saturated heterocycles. The Bertz CT molecular complexity index is 4010. The van der Waals surface area contributed by atoms with Gasteiger partial charge in [-0.1, -0.05) is 222 Å². The highest BCUT2D eigenvalue weighted by Crippen LogP contribution is 2.52. The second kappa shape index (κ2) is 15.1. The molecule has 1 heterocycles. The smallest absolute Gasteiger partial charge is 0.180 e. The number of benzene rings is 10. The molecule has 0 unspecified atom stereocenters. The lowest BCUT2D eigenvalue weighted by Crippen LogP contribution is -2.72. The standard InChI is InChI=1S/C66H51NSi/c1-65(2)59-25-12-8-21-53(59)55-39-33-47(42-61(55)65)45-31-36-49(37-32-45)67(50-38-40-56-54-22-9-13-26-60(54)66(3,4)62(56)43-50)48-34-29-44(30-35-48)46-17-16-20-52(41-46)68(51-18-6-5-7-19-51)63-27-14-10-23-57(63)58-24-11-15-28-64(58)68/h5-43H,1-4H3/i1D3,2D3,3D3,4D3. The van der Waals surface area contributed by atoms with Crippen molar-refractivity contribution >= 4 is 45.9 Å². The molecule has 68 heavy (non-hydrogen) atoms. The van der Waals surface area contributed by atoms with Gasteiger partial charge in [-0.15, -0.1) is 0 Å². The summed E-state index contributed by atoms with van der Waals surface area (Å²) in [6, 6.07) is 77.6. The fourth-order valence-electron chi connectivity index (χ4n) is 11.6. The van der Waals surface area contributed by atoms with Crippen LogP contribution in [0.4, 0.5) is 17.1 Å². The third kappa shape index (κ3) is 5.87. The van der Waals surface area contributed by atoms with E-state index >= 15 is 0 Å². The van der Waals surface area contributed by atoms with Crippen molar-refractivity contribution < 1.29 is 16.4 Å². The van der Waals surface area contributed by atoms with Gasteiger partial charge in [-0.2, -0.15) is 0 Å². The molecule has 0 atom stereocenters. The van der Waals surface area contributed by atoms with Crippen molar-refractivity contribution in [1.82, 2.24) is 0 Å².